The Balaban J connectivity index is 2.37. The molecule has 1 saturated heterocycles. The van der Waals surface area contributed by atoms with E-state index in [1.54, 1.807) is 6.07 Å². The molecule has 0 spiro atoms. The molecule has 1 heterocycles. The number of benzene rings is 1. The lowest BCUT2D eigenvalue weighted by atomic mass is 10.1. The van der Waals surface area contributed by atoms with E-state index in [0.29, 0.717) is 5.56 Å². The largest absolute Gasteiger partial charge is 0.377 e. The van der Waals surface area contributed by atoms with Gasteiger partial charge in [-0.05, 0) is 53.0 Å². The molecule has 0 amide bonds. The molecule has 0 atom stereocenters. The van der Waals surface area contributed by atoms with Crippen molar-refractivity contribution in [3.8, 4) is 0 Å². The minimum Gasteiger partial charge on any atom is -0.377 e. The molecular formula is C14H17BrN2O2. The number of hydrogen-bond donors (Lipinski definition) is 0. The molecule has 1 aliphatic rings. The van der Waals surface area contributed by atoms with Gasteiger partial charge in [0.1, 0.15) is 0 Å². The number of halogens is 1. The normalized spacial score (nSPS) is 15.4. The Bertz CT molecular complexity index is 508. The molecule has 2 rings (SSSR count). The van der Waals surface area contributed by atoms with E-state index in [2.05, 4.69) is 20.8 Å². The maximum absolute atomic E-state index is 11.1. The zero-order chi connectivity index (χ0) is 13.8. The molecule has 1 aliphatic heterocycles. The van der Waals surface area contributed by atoms with E-state index in [4.69, 9.17) is 0 Å². The third kappa shape index (κ3) is 3.15. The summed E-state index contributed by atoms with van der Waals surface area (Å²) in [6, 6.07) is 3.41. The van der Waals surface area contributed by atoms with Crippen LogP contribution in [0.25, 0.3) is 6.08 Å². The summed E-state index contributed by atoms with van der Waals surface area (Å²) in [5, 5.41) is 11.1. The van der Waals surface area contributed by atoms with Gasteiger partial charge in [0.2, 0.25) is 0 Å². The molecule has 5 heteroatoms. The van der Waals surface area contributed by atoms with Gasteiger partial charge in [-0.3, -0.25) is 10.1 Å². The molecule has 102 valence electrons. The molecule has 0 saturated carbocycles. The molecule has 0 unspecified atom stereocenters. The van der Waals surface area contributed by atoms with Crippen LogP contribution in [0.4, 0.5) is 5.69 Å². The molecule has 1 aromatic rings. The minimum atomic E-state index is -0.326. The Labute approximate surface area is 121 Å². The summed E-state index contributed by atoms with van der Waals surface area (Å²) < 4.78 is 0.833. The smallest absolute Gasteiger partial charge is 0.277 e. The highest BCUT2D eigenvalue weighted by Gasteiger charge is 2.17. The lowest BCUT2D eigenvalue weighted by Crippen LogP contribution is -2.10. The van der Waals surface area contributed by atoms with Crippen LogP contribution in [0, 0.1) is 10.1 Å². The second kappa shape index (κ2) is 6.19. The standard InChI is InChI=1S/C14H17BrN2O2/c1-2-11-5-6-13(17(18)19)12(14(11)15)7-10-16-8-3-4-9-16/h5-7,10H,2-4,8-9H2,1H3. The first-order valence-electron chi connectivity index (χ1n) is 6.51. The number of rotatable bonds is 4. The van der Waals surface area contributed by atoms with E-state index in [1.165, 1.54) is 12.8 Å². The molecule has 0 aliphatic carbocycles. The summed E-state index contributed by atoms with van der Waals surface area (Å²) >= 11 is 3.50. The van der Waals surface area contributed by atoms with E-state index < -0.39 is 0 Å². The van der Waals surface area contributed by atoms with Gasteiger partial charge < -0.3 is 4.90 Å². The average Bonchev–Trinajstić information content (AvgIpc) is 2.89. The zero-order valence-electron chi connectivity index (χ0n) is 10.9. The molecule has 0 radical (unpaired) electrons. The van der Waals surface area contributed by atoms with Crippen LogP contribution in [-0.4, -0.2) is 22.9 Å². The van der Waals surface area contributed by atoms with Gasteiger partial charge in [-0.15, -0.1) is 0 Å². The predicted molar refractivity (Wildman–Crippen MR) is 80.0 cm³/mol. The number of nitro groups is 1. The van der Waals surface area contributed by atoms with Gasteiger partial charge in [0.25, 0.3) is 5.69 Å². The van der Waals surface area contributed by atoms with E-state index in [-0.39, 0.29) is 10.6 Å². The van der Waals surface area contributed by atoms with Crippen LogP contribution >= 0.6 is 15.9 Å². The fourth-order valence-electron chi connectivity index (χ4n) is 2.29. The molecule has 0 N–H and O–H groups in total. The van der Waals surface area contributed by atoms with Crippen LogP contribution in [0.2, 0.25) is 0 Å². The Morgan fingerprint density at radius 3 is 2.68 bits per heavy atom. The first-order valence-corrected chi connectivity index (χ1v) is 7.30. The van der Waals surface area contributed by atoms with Gasteiger partial charge in [-0.2, -0.15) is 0 Å². The van der Waals surface area contributed by atoms with Crippen molar-refractivity contribution in [3.63, 3.8) is 0 Å². The molecule has 4 nitrogen and oxygen atoms in total. The topological polar surface area (TPSA) is 46.4 Å². The molecule has 19 heavy (non-hydrogen) atoms. The van der Waals surface area contributed by atoms with Crippen LogP contribution < -0.4 is 0 Å². The van der Waals surface area contributed by atoms with Crippen LogP contribution in [0.1, 0.15) is 30.9 Å². The lowest BCUT2D eigenvalue weighted by Gasteiger charge is -2.11. The van der Waals surface area contributed by atoms with Gasteiger partial charge in [0.15, 0.2) is 0 Å². The maximum atomic E-state index is 11.1. The lowest BCUT2D eigenvalue weighted by molar-refractivity contribution is -0.385. The summed E-state index contributed by atoms with van der Waals surface area (Å²) in [4.78, 5) is 13.0. The van der Waals surface area contributed by atoms with Gasteiger partial charge in [0, 0.05) is 23.6 Å². The highest BCUT2D eigenvalue weighted by Crippen LogP contribution is 2.32. The van der Waals surface area contributed by atoms with Crippen molar-refractivity contribution in [1.29, 1.82) is 0 Å². The fourth-order valence-corrected chi connectivity index (χ4v) is 3.04. The van der Waals surface area contributed by atoms with Crippen molar-refractivity contribution in [2.45, 2.75) is 26.2 Å². The second-order valence-corrected chi connectivity index (χ2v) is 5.43. The van der Waals surface area contributed by atoms with Crippen LogP contribution in [0.3, 0.4) is 0 Å². The third-order valence-corrected chi connectivity index (χ3v) is 4.34. The first-order chi connectivity index (χ1) is 9.13. The molecule has 0 bridgehead atoms. The van der Waals surface area contributed by atoms with Crippen molar-refractivity contribution in [2.24, 2.45) is 0 Å². The van der Waals surface area contributed by atoms with Crippen LogP contribution in [0.5, 0.6) is 0 Å². The van der Waals surface area contributed by atoms with E-state index in [9.17, 15) is 10.1 Å². The number of nitrogens with zero attached hydrogens (tertiary/aromatic N) is 2. The van der Waals surface area contributed by atoms with Crippen LogP contribution in [-0.2, 0) is 6.42 Å². The molecule has 0 aromatic heterocycles. The minimum absolute atomic E-state index is 0.152. The summed E-state index contributed by atoms with van der Waals surface area (Å²) in [5.74, 6) is 0. The number of aryl methyl sites for hydroxylation is 1. The highest BCUT2D eigenvalue weighted by molar-refractivity contribution is 9.10. The Kier molecular flexibility index (Phi) is 4.58. The quantitative estimate of drug-likeness (QED) is 0.621. The Morgan fingerprint density at radius 1 is 1.42 bits per heavy atom. The maximum Gasteiger partial charge on any atom is 0.277 e. The summed E-state index contributed by atoms with van der Waals surface area (Å²) in [6.45, 7) is 4.12. The third-order valence-electron chi connectivity index (χ3n) is 3.41. The van der Waals surface area contributed by atoms with Gasteiger partial charge in [-0.25, -0.2) is 0 Å². The van der Waals surface area contributed by atoms with Gasteiger partial charge in [0.05, 0.1) is 10.5 Å². The average molecular weight is 325 g/mol. The van der Waals surface area contributed by atoms with Crippen LogP contribution in [0.15, 0.2) is 22.8 Å². The van der Waals surface area contributed by atoms with E-state index in [0.717, 1.165) is 29.5 Å². The Hall–Kier alpha value is -1.36. The molecule has 1 fully saturated rings. The van der Waals surface area contributed by atoms with Gasteiger partial charge in [-0.1, -0.05) is 13.0 Å². The zero-order valence-corrected chi connectivity index (χ0v) is 12.5. The fraction of sp³-hybridized carbons (Fsp3) is 0.429. The predicted octanol–water partition coefficient (Wildman–Crippen LogP) is 3.99. The number of hydrogen-bond acceptors (Lipinski definition) is 3. The van der Waals surface area contributed by atoms with Crippen molar-refractivity contribution in [3.05, 3.63) is 44.0 Å². The first kappa shape index (κ1) is 14.1. The summed E-state index contributed by atoms with van der Waals surface area (Å²) in [6.07, 6.45) is 7.07. The summed E-state index contributed by atoms with van der Waals surface area (Å²) in [7, 11) is 0. The molecular weight excluding hydrogens is 308 g/mol. The van der Waals surface area contributed by atoms with Crippen molar-refractivity contribution < 1.29 is 4.92 Å². The number of nitro benzene ring substituents is 1. The van der Waals surface area contributed by atoms with Crippen molar-refractivity contribution in [1.82, 2.24) is 4.90 Å². The number of likely N-dealkylation sites (tertiary alicyclic amines) is 1. The van der Waals surface area contributed by atoms with E-state index >= 15 is 0 Å². The second-order valence-electron chi connectivity index (χ2n) is 4.64. The van der Waals surface area contributed by atoms with E-state index in [1.807, 2.05) is 25.3 Å². The molecule has 1 aromatic carbocycles. The highest BCUT2D eigenvalue weighted by atomic mass is 79.9. The Morgan fingerprint density at radius 2 is 2.11 bits per heavy atom. The SMILES string of the molecule is CCc1ccc([N+](=O)[O-])c(C=CN2CCCC2)c1Br. The van der Waals surface area contributed by atoms with Gasteiger partial charge >= 0.3 is 0 Å². The van der Waals surface area contributed by atoms with Crippen molar-refractivity contribution >= 4 is 27.7 Å². The van der Waals surface area contributed by atoms with Crippen molar-refractivity contribution in [2.75, 3.05) is 13.1 Å². The monoisotopic (exact) mass is 324 g/mol. The summed E-state index contributed by atoms with van der Waals surface area (Å²) in [5.41, 5.74) is 1.91.